The van der Waals surface area contributed by atoms with Crippen molar-refractivity contribution in [1.29, 1.82) is 0 Å². The van der Waals surface area contributed by atoms with E-state index in [9.17, 15) is 9.59 Å². The number of para-hydroxylation sites is 2. The first-order valence-corrected chi connectivity index (χ1v) is 9.26. The van der Waals surface area contributed by atoms with Crippen LogP contribution in [0.1, 0.15) is 12.0 Å². The molecule has 1 aliphatic rings. The van der Waals surface area contributed by atoms with E-state index in [-0.39, 0.29) is 17.9 Å². The zero-order chi connectivity index (χ0) is 18.6. The molecule has 0 fully saturated rings. The van der Waals surface area contributed by atoms with Crippen LogP contribution in [0.3, 0.4) is 0 Å². The van der Waals surface area contributed by atoms with Gasteiger partial charge in [-0.15, -0.1) is 0 Å². The number of ether oxygens (including phenoxy) is 1. The number of pyridine rings is 1. The first-order valence-electron chi connectivity index (χ1n) is 9.26. The number of fused-ring (bicyclic) bond motifs is 2. The summed E-state index contributed by atoms with van der Waals surface area (Å²) in [6, 6.07) is 17.0. The van der Waals surface area contributed by atoms with Gasteiger partial charge in [0.15, 0.2) is 5.43 Å². The number of amides is 1. The van der Waals surface area contributed by atoms with Crippen molar-refractivity contribution in [2.24, 2.45) is 5.92 Å². The van der Waals surface area contributed by atoms with E-state index in [2.05, 4.69) is 11.4 Å². The summed E-state index contributed by atoms with van der Waals surface area (Å²) in [5.74, 6) is 1.25. The highest BCUT2D eigenvalue weighted by Crippen LogP contribution is 2.26. The molecule has 138 valence electrons. The molecular weight excluding hydrogens is 340 g/mol. The summed E-state index contributed by atoms with van der Waals surface area (Å²) in [5, 5.41) is 3.68. The van der Waals surface area contributed by atoms with Crippen LogP contribution in [-0.4, -0.2) is 23.6 Å². The summed E-state index contributed by atoms with van der Waals surface area (Å²) >= 11 is 0. The van der Waals surface area contributed by atoms with Crippen LogP contribution in [0.2, 0.25) is 0 Å². The van der Waals surface area contributed by atoms with Gasteiger partial charge in [-0.1, -0.05) is 30.3 Å². The van der Waals surface area contributed by atoms with Crippen molar-refractivity contribution in [2.45, 2.75) is 19.4 Å². The number of aromatic nitrogens is 1. The van der Waals surface area contributed by atoms with Gasteiger partial charge in [-0.25, -0.2) is 0 Å². The number of carbonyl (C=O) groups is 1. The highest BCUT2D eigenvalue weighted by molar-refractivity contribution is 5.82. The largest absolute Gasteiger partial charge is 0.493 e. The van der Waals surface area contributed by atoms with E-state index in [1.807, 2.05) is 41.0 Å². The van der Waals surface area contributed by atoms with E-state index >= 15 is 0 Å². The van der Waals surface area contributed by atoms with Gasteiger partial charge < -0.3 is 14.6 Å². The first kappa shape index (κ1) is 17.3. The van der Waals surface area contributed by atoms with Crippen LogP contribution in [0, 0.1) is 5.92 Å². The lowest BCUT2D eigenvalue weighted by molar-refractivity contribution is -0.121. The second-order valence-corrected chi connectivity index (χ2v) is 6.94. The number of hydrogen-bond donors (Lipinski definition) is 1. The topological polar surface area (TPSA) is 60.3 Å². The fraction of sp³-hybridized carbons (Fsp3) is 0.273. The van der Waals surface area contributed by atoms with Gasteiger partial charge in [-0.2, -0.15) is 0 Å². The van der Waals surface area contributed by atoms with Gasteiger partial charge in [0.1, 0.15) is 12.3 Å². The molecule has 5 heteroatoms. The van der Waals surface area contributed by atoms with Crippen LogP contribution >= 0.6 is 0 Å². The van der Waals surface area contributed by atoms with Crippen molar-refractivity contribution in [3.8, 4) is 5.75 Å². The van der Waals surface area contributed by atoms with Gasteiger partial charge in [0.2, 0.25) is 5.91 Å². The van der Waals surface area contributed by atoms with Gasteiger partial charge in [0, 0.05) is 24.2 Å². The summed E-state index contributed by atoms with van der Waals surface area (Å²) in [4.78, 5) is 24.4. The van der Waals surface area contributed by atoms with E-state index < -0.39 is 0 Å². The maximum Gasteiger partial charge on any atom is 0.239 e. The highest BCUT2D eigenvalue weighted by Gasteiger charge is 2.18. The molecule has 1 aromatic heterocycles. The molecule has 2 heterocycles. The van der Waals surface area contributed by atoms with Gasteiger partial charge in [-0.05, 0) is 42.5 Å². The van der Waals surface area contributed by atoms with Gasteiger partial charge in [0.25, 0.3) is 0 Å². The molecule has 0 radical (unpaired) electrons. The third kappa shape index (κ3) is 3.87. The van der Waals surface area contributed by atoms with E-state index in [1.165, 1.54) is 11.6 Å². The zero-order valence-corrected chi connectivity index (χ0v) is 15.1. The highest BCUT2D eigenvalue weighted by atomic mass is 16.5. The number of hydrogen-bond acceptors (Lipinski definition) is 3. The van der Waals surface area contributed by atoms with Crippen molar-refractivity contribution in [3.63, 3.8) is 0 Å². The average Bonchev–Trinajstić information content (AvgIpc) is 2.91. The molecular formula is C22H22N2O3. The Morgan fingerprint density at radius 1 is 1.11 bits per heavy atom. The third-order valence-corrected chi connectivity index (χ3v) is 5.05. The lowest BCUT2D eigenvalue weighted by Gasteiger charge is -2.16. The molecule has 3 aromatic rings. The Labute approximate surface area is 157 Å². The van der Waals surface area contributed by atoms with Crippen molar-refractivity contribution in [3.05, 3.63) is 76.6 Å². The number of rotatable bonds is 4. The first-order chi connectivity index (χ1) is 13.2. The predicted molar refractivity (Wildman–Crippen MR) is 105 cm³/mol. The van der Waals surface area contributed by atoms with Gasteiger partial charge >= 0.3 is 0 Å². The smallest absolute Gasteiger partial charge is 0.239 e. The summed E-state index contributed by atoms with van der Waals surface area (Å²) in [7, 11) is 0. The second kappa shape index (κ2) is 7.66. The summed E-state index contributed by atoms with van der Waals surface area (Å²) in [6.07, 6.45) is 3.49. The molecule has 1 amide bonds. The molecule has 2 aromatic carbocycles. The van der Waals surface area contributed by atoms with Gasteiger partial charge in [0.05, 0.1) is 12.1 Å². The summed E-state index contributed by atoms with van der Waals surface area (Å²) in [6.45, 7) is 1.48. The molecule has 1 N–H and O–H groups in total. The van der Waals surface area contributed by atoms with E-state index in [1.54, 1.807) is 12.3 Å². The fourth-order valence-electron chi connectivity index (χ4n) is 3.60. The Morgan fingerprint density at radius 3 is 2.85 bits per heavy atom. The molecule has 1 atom stereocenters. The monoisotopic (exact) mass is 362 g/mol. The minimum absolute atomic E-state index is 0.0284. The molecule has 0 saturated carbocycles. The lowest BCUT2D eigenvalue weighted by atomic mass is 9.97. The second-order valence-electron chi connectivity index (χ2n) is 6.94. The third-order valence-electron chi connectivity index (χ3n) is 5.05. The molecule has 0 aliphatic carbocycles. The van der Waals surface area contributed by atoms with Crippen molar-refractivity contribution in [1.82, 2.24) is 9.88 Å². The van der Waals surface area contributed by atoms with Crippen LogP contribution in [0.5, 0.6) is 5.75 Å². The Hall–Kier alpha value is -3.08. The van der Waals surface area contributed by atoms with Crippen molar-refractivity contribution >= 4 is 16.8 Å². The predicted octanol–water partition coefficient (Wildman–Crippen LogP) is 2.76. The van der Waals surface area contributed by atoms with Crippen LogP contribution in [0.4, 0.5) is 0 Å². The number of nitrogens with zero attached hydrogens (tertiary/aromatic N) is 1. The molecule has 5 nitrogen and oxygen atoms in total. The molecule has 0 saturated heterocycles. The SMILES string of the molecule is O=C(Cn1ccc(=O)c2ccccc21)NCC1CCOc2ccccc2C1. The lowest BCUT2D eigenvalue weighted by Crippen LogP contribution is -2.33. The molecule has 1 aliphatic heterocycles. The minimum Gasteiger partial charge on any atom is -0.493 e. The van der Waals surface area contributed by atoms with Crippen LogP contribution < -0.4 is 15.5 Å². The summed E-state index contributed by atoms with van der Waals surface area (Å²) in [5.41, 5.74) is 1.94. The van der Waals surface area contributed by atoms with E-state index in [0.717, 1.165) is 24.1 Å². The standard InChI is InChI=1S/C22H22N2O3/c25-20-9-11-24(19-7-3-2-6-18(19)20)15-22(26)23-14-16-10-12-27-21-8-4-1-5-17(21)13-16/h1-9,11,16H,10,12-15H2,(H,23,26). The van der Waals surface area contributed by atoms with Crippen molar-refractivity contribution in [2.75, 3.05) is 13.2 Å². The Morgan fingerprint density at radius 2 is 1.93 bits per heavy atom. The number of nitrogens with one attached hydrogen (secondary N) is 1. The Balaban J connectivity index is 1.41. The Kier molecular flexibility index (Phi) is 4.92. The summed E-state index contributed by atoms with van der Waals surface area (Å²) < 4.78 is 7.61. The molecule has 0 spiro atoms. The van der Waals surface area contributed by atoms with E-state index in [4.69, 9.17) is 4.74 Å². The number of carbonyl (C=O) groups excluding carboxylic acids is 1. The average molecular weight is 362 g/mol. The maximum atomic E-state index is 12.5. The molecule has 4 rings (SSSR count). The fourth-order valence-corrected chi connectivity index (χ4v) is 3.60. The quantitative estimate of drug-likeness (QED) is 0.776. The Bertz CT molecular complexity index is 1030. The number of benzene rings is 2. The van der Waals surface area contributed by atoms with E-state index in [0.29, 0.717) is 24.5 Å². The van der Waals surface area contributed by atoms with Crippen LogP contribution in [-0.2, 0) is 17.8 Å². The molecule has 1 unspecified atom stereocenters. The van der Waals surface area contributed by atoms with Crippen LogP contribution in [0.15, 0.2) is 65.6 Å². The van der Waals surface area contributed by atoms with Gasteiger partial charge in [-0.3, -0.25) is 9.59 Å². The molecule has 27 heavy (non-hydrogen) atoms. The maximum absolute atomic E-state index is 12.5. The van der Waals surface area contributed by atoms with Crippen LogP contribution in [0.25, 0.3) is 10.9 Å². The van der Waals surface area contributed by atoms with Crippen molar-refractivity contribution < 1.29 is 9.53 Å². The normalized spacial score (nSPS) is 16.2. The zero-order valence-electron chi connectivity index (χ0n) is 15.1. The minimum atomic E-state index is -0.0535. The molecule has 0 bridgehead atoms.